The molecule has 0 radical (unpaired) electrons. The predicted octanol–water partition coefficient (Wildman–Crippen LogP) is 1.32. The highest BCUT2D eigenvalue weighted by molar-refractivity contribution is 7.10. The number of aromatic nitrogens is 3. The molecule has 0 saturated carbocycles. The molecule has 0 atom stereocenters. The number of anilines is 1. The minimum Gasteiger partial charge on any atom is -0.311 e. The van der Waals surface area contributed by atoms with Gasteiger partial charge in [0.05, 0.1) is 6.20 Å². The molecular weight excluding hydrogens is 219 g/mol. The molecule has 0 spiro atoms. The summed E-state index contributed by atoms with van der Waals surface area (Å²) in [5, 5.41) is 6.59. The minimum absolute atomic E-state index is 0.205. The zero-order chi connectivity index (χ0) is 10.7. The Morgan fingerprint density at radius 3 is 3.07 bits per heavy atom. The third-order valence-electron chi connectivity index (χ3n) is 1.59. The molecule has 2 aromatic heterocycles. The van der Waals surface area contributed by atoms with Gasteiger partial charge < -0.3 is 5.32 Å². The lowest BCUT2D eigenvalue weighted by molar-refractivity contribution is 0.102. The Bertz CT molecular complexity index is 473. The fourth-order valence-electron chi connectivity index (χ4n) is 0.950. The first-order chi connectivity index (χ1) is 7.25. The van der Waals surface area contributed by atoms with E-state index in [1.807, 2.05) is 0 Å². The summed E-state index contributed by atoms with van der Waals surface area (Å²) in [5.74, 6) is -1.10. The average Bonchev–Trinajstić information content (AvgIpc) is 2.70. The molecule has 76 valence electrons. The zero-order valence-corrected chi connectivity index (χ0v) is 8.16. The highest BCUT2D eigenvalue weighted by Gasteiger charge is 2.08. The fourth-order valence-corrected chi connectivity index (χ4v) is 1.36. The van der Waals surface area contributed by atoms with Gasteiger partial charge >= 0.3 is 0 Å². The van der Waals surface area contributed by atoms with E-state index in [4.69, 9.17) is 0 Å². The van der Waals surface area contributed by atoms with Crippen molar-refractivity contribution in [1.82, 2.24) is 14.6 Å². The van der Waals surface area contributed by atoms with Gasteiger partial charge in [0.15, 0.2) is 0 Å². The second-order valence-electron chi connectivity index (χ2n) is 2.60. The Labute approximate surface area is 88.1 Å². The summed E-state index contributed by atoms with van der Waals surface area (Å²) in [4.78, 5) is 14.9. The van der Waals surface area contributed by atoms with Crippen molar-refractivity contribution < 1.29 is 9.18 Å². The normalized spacial score (nSPS) is 9.93. The maximum absolute atomic E-state index is 12.7. The third-order valence-corrected chi connectivity index (χ3v) is 2.17. The topological polar surface area (TPSA) is 67.8 Å². The molecule has 5 nitrogen and oxygen atoms in total. The number of nitrogens with zero attached hydrogens (tertiary/aromatic N) is 3. The Morgan fingerprint density at radius 1 is 1.53 bits per heavy atom. The van der Waals surface area contributed by atoms with E-state index in [-0.39, 0.29) is 5.56 Å². The summed E-state index contributed by atoms with van der Waals surface area (Å²) in [7, 11) is 0. The highest BCUT2D eigenvalue weighted by Crippen LogP contribution is 2.11. The molecule has 0 saturated heterocycles. The van der Waals surface area contributed by atoms with Gasteiger partial charge in [-0.1, -0.05) is 4.49 Å². The molecule has 0 fully saturated rings. The molecular formula is C8H5FN4OS. The lowest BCUT2D eigenvalue weighted by Gasteiger charge is -2.00. The van der Waals surface area contributed by atoms with E-state index in [2.05, 4.69) is 19.9 Å². The molecule has 0 aromatic carbocycles. The van der Waals surface area contributed by atoms with Crippen LogP contribution in [0.3, 0.4) is 0 Å². The molecule has 0 bridgehead atoms. The second kappa shape index (κ2) is 4.09. The predicted molar refractivity (Wildman–Crippen MR) is 52.1 cm³/mol. The van der Waals surface area contributed by atoms with E-state index in [0.717, 1.165) is 17.6 Å². The molecule has 0 unspecified atom stereocenters. The van der Waals surface area contributed by atoms with E-state index in [0.29, 0.717) is 5.00 Å². The number of amides is 1. The maximum Gasteiger partial charge on any atom is 0.256 e. The molecule has 2 heterocycles. The van der Waals surface area contributed by atoms with Crippen molar-refractivity contribution in [3.05, 3.63) is 36.0 Å². The lowest BCUT2D eigenvalue weighted by Crippen LogP contribution is -2.11. The first-order valence-electron chi connectivity index (χ1n) is 3.96. The Morgan fingerprint density at radius 2 is 2.40 bits per heavy atom. The van der Waals surface area contributed by atoms with Gasteiger partial charge in [-0.15, -0.1) is 5.10 Å². The number of carbonyl (C=O) groups excluding carboxylic acids is 1. The van der Waals surface area contributed by atoms with Gasteiger partial charge in [-0.05, 0) is 6.07 Å². The Kier molecular flexibility index (Phi) is 2.64. The number of halogens is 1. The van der Waals surface area contributed by atoms with Crippen molar-refractivity contribution in [3.8, 4) is 0 Å². The number of pyridine rings is 1. The SMILES string of the molecule is O=C(Nc1cnns1)c1ccnc(F)c1. The fraction of sp³-hybridized carbons (Fsp3) is 0. The summed E-state index contributed by atoms with van der Waals surface area (Å²) in [6, 6.07) is 2.48. The molecule has 1 N–H and O–H groups in total. The van der Waals surface area contributed by atoms with Crippen molar-refractivity contribution in [2.75, 3.05) is 5.32 Å². The summed E-state index contributed by atoms with van der Waals surface area (Å²) in [6.45, 7) is 0. The van der Waals surface area contributed by atoms with Crippen molar-refractivity contribution in [1.29, 1.82) is 0 Å². The van der Waals surface area contributed by atoms with Crippen LogP contribution in [0.15, 0.2) is 24.5 Å². The maximum atomic E-state index is 12.7. The van der Waals surface area contributed by atoms with E-state index >= 15 is 0 Å². The van der Waals surface area contributed by atoms with Gasteiger partial charge in [-0.2, -0.15) is 4.39 Å². The molecule has 15 heavy (non-hydrogen) atoms. The van der Waals surface area contributed by atoms with Gasteiger partial charge in [-0.25, -0.2) is 4.98 Å². The summed E-state index contributed by atoms with van der Waals surface area (Å²) < 4.78 is 16.3. The van der Waals surface area contributed by atoms with Crippen LogP contribution in [0.5, 0.6) is 0 Å². The van der Waals surface area contributed by atoms with Crippen molar-refractivity contribution in [2.45, 2.75) is 0 Å². The van der Waals surface area contributed by atoms with Crippen LogP contribution in [0.4, 0.5) is 9.39 Å². The molecule has 0 aliphatic rings. The summed E-state index contributed by atoms with van der Waals surface area (Å²) in [5.41, 5.74) is 0.205. The number of carbonyl (C=O) groups is 1. The van der Waals surface area contributed by atoms with Gasteiger partial charge in [0.25, 0.3) is 5.91 Å². The Hall–Kier alpha value is -1.89. The van der Waals surface area contributed by atoms with E-state index in [1.165, 1.54) is 18.5 Å². The zero-order valence-electron chi connectivity index (χ0n) is 7.35. The van der Waals surface area contributed by atoms with Gasteiger partial charge in [0.1, 0.15) is 5.00 Å². The Balaban J connectivity index is 2.15. The average molecular weight is 224 g/mol. The molecule has 0 aliphatic carbocycles. The van der Waals surface area contributed by atoms with E-state index in [9.17, 15) is 9.18 Å². The van der Waals surface area contributed by atoms with E-state index < -0.39 is 11.9 Å². The van der Waals surface area contributed by atoms with Crippen molar-refractivity contribution in [2.24, 2.45) is 0 Å². The van der Waals surface area contributed by atoms with Gasteiger partial charge in [0, 0.05) is 29.4 Å². The number of rotatable bonds is 2. The van der Waals surface area contributed by atoms with Crippen molar-refractivity contribution in [3.63, 3.8) is 0 Å². The van der Waals surface area contributed by atoms with Crippen LogP contribution >= 0.6 is 11.5 Å². The van der Waals surface area contributed by atoms with Crippen molar-refractivity contribution >= 4 is 22.4 Å². The van der Waals surface area contributed by atoms with Crippen LogP contribution < -0.4 is 5.32 Å². The van der Waals surface area contributed by atoms with Crippen LogP contribution in [-0.4, -0.2) is 20.5 Å². The second-order valence-corrected chi connectivity index (χ2v) is 3.39. The monoisotopic (exact) mass is 224 g/mol. The quantitative estimate of drug-likeness (QED) is 0.781. The van der Waals surface area contributed by atoms with Gasteiger partial charge in [0.2, 0.25) is 5.95 Å². The summed E-state index contributed by atoms with van der Waals surface area (Å²) in [6.07, 6.45) is 2.65. The highest BCUT2D eigenvalue weighted by atomic mass is 32.1. The molecule has 2 aromatic rings. The lowest BCUT2D eigenvalue weighted by atomic mass is 10.2. The smallest absolute Gasteiger partial charge is 0.256 e. The molecule has 2 rings (SSSR count). The molecule has 0 aliphatic heterocycles. The molecule has 7 heteroatoms. The van der Waals surface area contributed by atoms with Crippen LogP contribution in [0.2, 0.25) is 0 Å². The summed E-state index contributed by atoms with van der Waals surface area (Å²) >= 11 is 1.05. The largest absolute Gasteiger partial charge is 0.311 e. The number of hydrogen-bond acceptors (Lipinski definition) is 5. The molecule has 1 amide bonds. The van der Waals surface area contributed by atoms with Crippen LogP contribution in [0, 0.1) is 5.95 Å². The third kappa shape index (κ3) is 2.32. The standard InChI is InChI=1S/C8H5FN4OS/c9-6-3-5(1-2-10-6)8(14)12-7-4-11-13-15-7/h1-4H,(H,12,14). The van der Waals surface area contributed by atoms with Crippen LogP contribution in [-0.2, 0) is 0 Å². The number of nitrogens with one attached hydrogen (secondary N) is 1. The van der Waals surface area contributed by atoms with Crippen LogP contribution in [0.1, 0.15) is 10.4 Å². The van der Waals surface area contributed by atoms with Gasteiger partial charge in [-0.3, -0.25) is 4.79 Å². The van der Waals surface area contributed by atoms with Crippen LogP contribution in [0.25, 0.3) is 0 Å². The minimum atomic E-state index is -0.690. The first-order valence-corrected chi connectivity index (χ1v) is 4.73. The van der Waals surface area contributed by atoms with E-state index in [1.54, 1.807) is 0 Å². The first kappa shape index (κ1) is 9.66. The number of hydrogen-bond donors (Lipinski definition) is 1.